The Morgan fingerprint density at radius 1 is 1.23 bits per heavy atom. The van der Waals surface area contributed by atoms with Gasteiger partial charge in [-0.3, -0.25) is 4.57 Å². The first kappa shape index (κ1) is 13.6. The minimum Gasteiger partial charge on any atom is -0.495 e. The highest BCUT2D eigenvalue weighted by molar-refractivity contribution is 7.99. The number of imidazole rings is 1. The molecule has 0 aliphatic carbocycles. The molecule has 1 aliphatic heterocycles. The van der Waals surface area contributed by atoms with Crippen LogP contribution in [-0.2, 0) is 0 Å². The van der Waals surface area contributed by atoms with Gasteiger partial charge in [0.1, 0.15) is 17.1 Å². The maximum absolute atomic E-state index is 5.55. The first-order valence-electron chi connectivity index (χ1n) is 7.47. The maximum atomic E-state index is 5.55. The van der Waals surface area contributed by atoms with Crippen molar-refractivity contribution in [3.05, 3.63) is 48.4 Å². The SMILES string of the molecule is COc1ccccc1-n1c(C2CCCS2)nc2cccnc21. The van der Waals surface area contributed by atoms with Crippen LogP contribution >= 0.6 is 11.8 Å². The van der Waals surface area contributed by atoms with Gasteiger partial charge in [-0.05, 0) is 42.9 Å². The molecule has 4 nitrogen and oxygen atoms in total. The van der Waals surface area contributed by atoms with E-state index in [4.69, 9.17) is 9.72 Å². The van der Waals surface area contributed by atoms with Crippen LogP contribution in [-0.4, -0.2) is 27.4 Å². The Bertz CT molecular complexity index is 809. The highest BCUT2D eigenvalue weighted by atomic mass is 32.2. The summed E-state index contributed by atoms with van der Waals surface area (Å²) in [6, 6.07) is 12.0. The zero-order valence-corrected chi connectivity index (χ0v) is 13.2. The van der Waals surface area contributed by atoms with Crippen molar-refractivity contribution in [1.29, 1.82) is 0 Å². The van der Waals surface area contributed by atoms with Crippen LogP contribution in [0.2, 0.25) is 0 Å². The lowest BCUT2D eigenvalue weighted by molar-refractivity contribution is 0.412. The summed E-state index contributed by atoms with van der Waals surface area (Å²) in [6.45, 7) is 0. The molecule has 0 amide bonds. The van der Waals surface area contributed by atoms with Gasteiger partial charge < -0.3 is 4.74 Å². The molecule has 1 fully saturated rings. The van der Waals surface area contributed by atoms with E-state index in [1.807, 2.05) is 48.3 Å². The quantitative estimate of drug-likeness (QED) is 0.733. The second kappa shape index (κ2) is 5.65. The number of pyridine rings is 1. The number of para-hydroxylation sites is 2. The smallest absolute Gasteiger partial charge is 0.164 e. The number of ether oxygens (including phenoxy) is 1. The first-order chi connectivity index (χ1) is 10.9. The topological polar surface area (TPSA) is 39.9 Å². The Hall–Kier alpha value is -2.01. The van der Waals surface area contributed by atoms with Crippen LogP contribution in [0.4, 0.5) is 0 Å². The summed E-state index contributed by atoms with van der Waals surface area (Å²) in [5, 5.41) is 0.430. The standard InChI is InChI=1S/C17H17N3OS/c1-21-14-8-3-2-7-13(14)20-16-12(6-4-10-18-16)19-17(20)15-9-5-11-22-15/h2-4,6-8,10,15H,5,9,11H2,1H3. The second-order valence-corrected chi connectivity index (χ2v) is 6.64. The van der Waals surface area contributed by atoms with Gasteiger partial charge in [0.05, 0.1) is 18.0 Å². The van der Waals surface area contributed by atoms with Crippen LogP contribution < -0.4 is 4.74 Å². The van der Waals surface area contributed by atoms with Crippen molar-refractivity contribution in [2.75, 3.05) is 12.9 Å². The Morgan fingerprint density at radius 2 is 2.14 bits per heavy atom. The molecule has 1 aliphatic rings. The number of thioether (sulfide) groups is 1. The van der Waals surface area contributed by atoms with E-state index in [-0.39, 0.29) is 0 Å². The number of methoxy groups -OCH3 is 1. The fourth-order valence-corrected chi connectivity index (χ4v) is 4.24. The number of hydrogen-bond donors (Lipinski definition) is 0. The lowest BCUT2D eigenvalue weighted by Crippen LogP contribution is -2.05. The van der Waals surface area contributed by atoms with E-state index in [1.165, 1.54) is 18.6 Å². The second-order valence-electron chi connectivity index (χ2n) is 5.33. The number of benzene rings is 1. The fraction of sp³-hybridized carbons (Fsp3) is 0.294. The lowest BCUT2D eigenvalue weighted by Gasteiger charge is -2.15. The van der Waals surface area contributed by atoms with E-state index in [1.54, 1.807) is 7.11 Å². The molecule has 22 heavy (non-hydrogen) atoms. The molecule has 112 valence electrons. The zero-order chi connectivity index (χ0) is 14.9. The molecule has 0 radical (unpaired) electrons. The molecule has 3 aromatic rings. The van der Waals surface area contributed by atoms with E-state index in [9.17, 15) is 0 Å². The summed E-state index contributed by atoms with van der Waals surface area (Å²) in [7, 11) is 1.70. The average molecular weight is 311 g/mol. The molecule has 0 spiro atoms. The zero-order valence-electron chi connectivity index (χ0n) is 12.4. The molecule has 1 aromatic carbocycles. The van der Waals surface area contributed by atoms with Gasteiger partial charge >= 0.3 is 0 Å². The predicted octanol–water partition coefficient (Wildman–Crippen LogP) is 4.00. The number of fused-ring (bicyclic) bond motifs is 1. The Balaban J connectivity index is 1.99. The van der Waals surface area contributed by atoms with Crippen LogP contribution in [0.3, 0.4) is 0 Å². The van der Waals surface area contributed by atoms with Crippen LogP contribution in [0.15, 0.2) is 42.6 Å². The molecule has 1 atom stereocenters. The molecule has 4 rings (SSSR count). The van der Waals surface area contributed by atoms with Gasteiger partial charge in [0.2, 0.25) is 0 Å². The van der Waals surface area contributed by atoms with Crippen LogP contribution in [0.1, 0.15) is 23.9 Å². The molecule has 0 N–H and O–H groups in total. The van der Waals surface area contributed by atoms with Gasteiger partial charge in [0.25, 0.3) is 0 Å². The van der Waals surface area contributed by atoms with Crippen molar-refractivity contribution in [2.24, 2.45) is 0 Å². The third-order valence-electron chi connectivity index (χ3n) is 3.99. The van der Waals surface area contributed by atoms with Crippen LogP contribution in [0.25, 0.3) is 16.9 Å². The average Bonchev–Trinajstić information content (AvgIpc) is 3.22. The van der Waals surface area contributed by atoms with E-state index >= 15 is 0 Å². The highest BCUT2D eigenvalue weighted by Crippen LogP contribution is 2.42. The number of hydrogen-bond acceptors (Lipinski definition) is 4. The van der Waals surface area contributed by atoms with Crippen molar-refractivity contribution < 1.29 is 4.74 Å². The summed E-state index contributed by atoms with van der Waals surface area (Å²) < 4.78 is 7.72. The molecule has 5 heteroatoms. The van der Waals surface area contributed by atoms with Crippen molar-refractivity contribution in [2.45, 2.75) is 18.1 Å². The summed E-state index contributed by atoms with van der Waals surface area (Å²) in [5.41, 5.74) is 2.85. The Labute approximate surface area is 133 Å². The molecule has 0 saturated carbocycles. The molecule has 0 bridgehead atoms. The summed E-state index contributed by atoms with van der Waals surface area (Å²) in [6.07, 6.45) is 4.24. The van der Waals surface area contributed by atoms with Gasteiger partial charge in [-0.15, -0.1) is 0 Å². The highest BCUT2D eigenvalue weighted by Gasteiger charge is 2.26. The molecular weight excluding hydrogens is 294 g/mol. The molecule has 2 aromatic heterocycles. The van der Waals surface area contributed by atoms with Gasteiger partial charge in [0, 0.05) is 6.20 Å². The minimum atomic E-state index is 0.430. The molecule has 1 saturated heterocycles. The maximum Gasteiger partial charge on any atom is 0.164 e. The van der Waals surface area contributed by atoms with Crippen LogP contribution in [0, 0.1) is 0 Å². The lowest BCUT2D eigenvalue weighted by atomic mass is 10.2. The van der Waals surface area contributed by atoms with Crippen molar-refractivity contribution in [3.63, 3.8) is 0 Å². The summed E-state index contributed by atoms with van der Waals surface area (Å²) in [4.78, 5) is 9.43. The van der Waals surface area contributed by atoms with Crippen LogP contribution in [0.5, 0.6) is 5.75 Å². The summed E-state index contributed by atoms with van der Waals surface area (Å²) in [5.74, 6) is 3.13. The predicted molar refractivity (Wildman–Crippen MR) is 89.9 cm³/mol. The number of rotatable bonds is 3. The number of nitrogens with zero attached hydrogens (tertiary/aromatic N) is 3. The monoisotopic (exact) mass is 311 g/mol. The summed E-state index contributed by atoms with van der Waals surface area (Å²) >= 11 is 1.98. The molecule has 1 unspecified atom stereocenters. The van der Waals surface area contributed by atoms with E-state index in [2.05, 4.69) is 15.6 Å². The normalized spacial score (nSPS) is 18.0. The van der Waals surface area contributed by atoms with E-state index < -0.39 is 0 Å². The van der Waals surface area contributed by atoms with Gasteiger partial charge in [0.15, 0.2) is 5.65 Å². The van der Waals surface area contributed by atoms with Crippen molar-refractivity contribution >= 4 is 22.9 Å². The third kappa shape index (κ3) is 2.16. The first-order valence-corrected chi connectivity index (χ1v) is 8.51. The largest absolute Gasteiger partial charge is 0.495 e. The van der Waals surface area contributed by atoms with Gasteiger partial charge in [-0.2, -0.15) is 11.8 Å². The molecular formula is C17H17N3OS. The Morgan fingerprint density at radius 3 is 2.95 bits per heavy atom. The molecule has 3 heterocycles. The number of aromatic nitrogens is 3. The van der Waals surface area contributed by atoms with Gasteiger partial charge in [-0.1, -0.05) is 12.1 Å². The van der Waals surface area contributed by atoms with E-state index in [0.29, 0.717) is 5.25 Å². The van der Waals surface area contributed by atoms with Crippen molar-refractivity contribution in [3.8, 4) is 11.4 Å². The van der Waals surface area contributed by atoms with Crippen molar-refractivity contribution in [1.82, 2.24) is 14.5 Å². The minimum absolute atomic E-state index is 0.430. The van der Waals surface area contributed by atoms with E-state index in [0.717, 1.165) is 28.4 Å². The van der Waals surface area contributed by atoms with Gasteiger partial charge in [-0.25, -0.2) is 9.97 Å². The Kier molecular flexibility index (Phi) is 3.50. The third-order valence-corrected chi connectivity index (χ3v) is 5.36. The fourth-order valence-electron chi connectivity index (χ4n) is 2.98.